The van der Waals surface area contributed by atoms with Gasteiger partial charge in [0, 0.05) is 11.1 Å². The minimum absolute atomic E-state index is 0.0733. The zero-order chi connectivity index (χ0) is 22.0. The maximum atomic E-state index is 11.0. The average molecular weight is 429 g/mol. The van der Waals surface area contributed by atoms with E-state index in [9.17, 15) is 5.11 Å². The van der Waals surface area contributed by atoms with E-state index < -0.39 is 0 Å². The third-order valence-electron chi connectivity index (χ3n) is 5.26. The number of nitrogens with zero attached hydrogens (tertiary/aromatic N) is 3. The standard InChI is InChI=1S/C25H24N4OS/c1-16-7-6-8-20(14-16)26-25(31)28-27-23-21-9-4-5-10-22(21)29(24(23)30)15-19-13-17(2)11-12-18(19)3/h4-14,30H,15H2,1-3H3,(H,26,31). The summed E-state index contributed by atoms with van der Waals surface area (Å²) >= 11 is 5.33. The number of hydrogen-bond donors (Lipinski definition) is 2. The smallest absolute Gasteiger partial charge is 0.221 e. The van der Waals surface area contributed by atoms with Crippen molar-refractivity contribution < 1.29 is 5.11 Å². The van der Waals surface area contributed by atoms with Gasteiger partial charge in [-0.3, -0.25) is 0 Å². The van der Waals surface area contributed by atoms with Crippen molar-refractivity contribution in [2.45, 2.75) is 27.3 Å². The Morgan fingerprint density at radius 2 is 1.74 bits per heavy atom. The molecule has 0 spiro atoms. The Hall–Kier alpha value is -3.51. The zero-order valence-corrected chi connectivity index (χ0v) is 18.6. The molecule has 0 aliphatic rings. The molecule has 4 aromatic rings. The Balaban J connectivity index is 1.67. The van der Waals surface area contributed by atoms with Crippen LogP contribution in [0.1, 0.15) is 22.3 Å². The van der Waals surface area contributed by atoms with Crippen LogP contribution in [-0.4, -0.2) is 14.8 Å². The molecule has 0 unspecified atom stereocenters. The number of azo groups is 1. The summed E-state index contributed by atoms with van der Waals surface area (Å²) in [7, 11) is 0. The minimum Gasteiger partial charge on any atom is -0.493 e. The van der Waals surface area contributed by atoms with Crippen LogP contribution in [0.5, 0.6) is 5.88 Å². The first-order valence-corrected chi connectivity index (χ1v) is 10.5. The summed E-state index contributed by atoms with van der Waals surface area (Å²) in [6, 6.07) is 22.0. The van der Waals surface area contributed by atoms with Crippen LogP contribution in [0.15, 0.2) is 77.0 Å². The van der Waals surface area contributed by atoms with Gasteiger partial charge in [0.05, 0.1) is 12.1 Å². The van der Waals surface area contributed by atoms with Crippen molar-refractivity contribution in [2.75, 3.05) is 5.32 Å². The van der Waals surface area contributed by atoms with Crippen molar-refractivity contribution in [1.82, 2.24) is 4.57 Å². The largest absolute Gasteiger partial charge is 0.493 e. The third kappa shape index (κ3) is 4.49. The number of anilines is 1. The third-order valence-corrected chi connectivity index (χ3v) is 5.44. The molecular formula is C25H24N4OS. The summed E-state index contributed by atoms with van der Waals surface area (Å²) in [4.78, 5) is 0. The molecule has 31 heavy (non-hydrogen) atoms. The number of para-hydroxylation sites is 1. The first-order valence-electron chi connectivity index (χ1n) is 10.1. The normalized spacial score (nSPS) is 11.3. The van der Waals surface area contributed by atoms with E-state index in [4.69, 9.17) is 12.2 Å². The molecule has 156 valence electrons. The fraction of sp³-hybridized carbons (Fsp3) is 0.160. The van der Waals surface area contributed by atoms with E-state index in [0.717, 1.165) is 27.7 Å². The van der Waals surface area contributed by atoms with Crippen LogP contribution in [0.4, 0.5) is 11.4 Å². The van der Waals surface area contributed by atoms with Gasteiger partial charge in [-0.1, -0.05) is 54.1 Å². The molecule has 0 saturated carbocycles. The molecule has 0 bridgehead atoms. The Morgan fingerprint density at radius 3 is 2.55 bits per heavy atom. The van der Waals surface area contributed by atoms with Crippen LogP contribution in [0.3, 0.4) is 0 Å². The van der Waals surface area contributed by atoms with Crippen LogP contribution < -0.4 is 5.32 Å². The second-order valence-electron chi connectivity index (χ2n) is 7.71. The lowest BCUT2D eigenvalue weighted by Gasteiger charge is -2.11. The van der Waals surface area contributed by atoms with Crippen molar-refractivity contribution >= 4 is 39.6 Å². The van der Waals surface area contributed by atoms with Crippen molar-refractivity contribution in [2.24, 2.45) is 10.2 Å². The highest BCUT2D eigenvalue weighted by molar-refractivity contribution is 7.80. The van der Waals surface area contributed by atoms with E-state index in [0.29, 0.717) is 12.2 Å². The SMILES string of the molecule is Cc1cccc(NC(=S)N=Nc2c(O)n(Cc3cc(C)ccc3C)c3ccccc23)c1. The predicted octanol–water partition coefficient (Wildman–Crippen LogP) is 6.80. The lowest BCUT2D eigenvalue weighted by atomic mass is 10.1. The molecule has 0 radical (unpaired) electrons. The molecule has 0 atom stereocenters. The fourth-order valence-electron chi connectivity index (χ4n) is 3.64. The quantitative estimate of drug-likeness (QED) is 0.277. The van der Waals surface area contributed by atoms with Crippen LogP contribution in [0.25, 0.3) is 10.9 Å². The van der Waals surface area contributed by atoms with Gasteiger partial charge >= 0.3 is 0 Å². The van der Waals surface area contributed by atoms with Gasteiger partial charge in [0.15, 0.2) is 5.69 Å². The number of benzene rings is 3. The second-order valence-corrected chi connectivity index (χ2v) is 8.09. The number of rotatable bonds is 4. The van der Waals surface area contributed by atoms with Crippen molar-refractivity contribution in [3.63, 3.8) is 0 Å². The Bertz CT molecular complexity index is 1310. The first-order chi connectivity index (χ1) is 14.9. The molecule has 6 heteroatoms. The van der Waals surface area contributed by atoms with Crippen LogP contribution >= 0.6 is 12.2 Å². The van der Waals surface area contributed by atoms with E-state index in [1.165, 1.54) is 11.1 Å². The number of thiocarbonyl (C=S) groups is 1. The maximum absolute atomic E-state index is 11.0. The average Bonchev–Trinajstić information content (AvgIpc) is 3.00. The molecule has 0 aliphatic carbocycles. The molecule has 3 aromatic carbocycles. The number of aromatic hydroxyl groups is 1. The summed E-state index contributed by atoms with van der Waals surface area (Å²) < 4.78 is 1.86. The molecule has 4 rings (SSSR count). The molecule has 0 aliphatic heterocycles. The number of hydrogen-bond acceptors (Lipinski definition) is 3. The maximum Gasteiger partial charge on any atom is 0.221 e. The second kappa shape index (κ2) is 8.70. The molecule has 0 saturated heterocycles. The fourth-order valence-corrected chi connectivity index (χ4v) is 3.80. The lowest BCUT2D eigenvalue weighted by Crippen LogP contribution is -2.04. The van der Waals surface area contributed by atoms with Crippen LogP contribution in [-0.2, 0) is 6.54 Å². The van der Waals surface area contributed by atoms with Gasteiger partial charge < -0.3 is 15.0 Å². The Labute approximate surface area is 187 Å². The summed E-state index contributed by atoms with van der Waals surface area (Å²) in [6.45, 7) is 6.70. The summed E-state index contributed by atoms with van der Waals surface area (Å²) in [5, 5.41) is 23.6. The molecule has 0 amide bonds. The Kier molecular flexibility index (Phi) is 5.82. The number of aromatic nitrogens is 1. The molecule has 5 nitrogen and oxygen atoms in total. The minimum atomic E-state index is 0.0733. The van der Waals surface area contributed by atoms with Crippen LogP contribution in [0.2, 0.25) is 0 Å². The summed E-state index contributed by atoms with van der Waals surface area (Å²) in [5.41, 5.74) is 6.79. The molecule has 2 N–H and O–H groups in total. The van der Waals surface area contributed by atoms with E-state index in [1.54, 1.807) is 0 Å². The van der Waals surface area contributed by atoms with E-state index in [2.05, 4.69) is 47.6 Å². The Morgan fingerprint density at radius 1 is 0.968 bits per heavy atom. The number of nitrogens with one attached hydrogen (secondary N) is 1. The van der Waals surface area contributed by atoms with Gasteiger partial charge in [0.1, 0.15) is 0 Å². The van der Waals surface area contributed by atoms with E-state index >= 15 is 0 Å². The van der Waals surface area contributed by atoms with Gasteiger partial charge in [-0.05, 0) is 67.9 Å². The highest BCUT2D eigenvalue weighted by Crippen LogP contribution is 2.39. The number of aryl methyl sites for hydroxylation is 3. The molecular weight excluding hydrogens is 404 g/mol. The molecule has 1 aromatic heterocycles. The highest BCUT2D eigenvalue weighted by atomic mass is 32.1. The molecule has 1 heterocycles. The zero-order valence-electron chi connectivity index (χ0n) is 17.8. The first kappa shape index (κ1) is 20.8. The monoisotopic (exact) mass is 428 g/mol. The van der Waals surface area contributed by atoms with E-state index in [-0.39, 0.29) is 11.0 Å². The highest BCUT2D eigenvalue weighted by Gasteiger charge is 2.17. The van der Waals surface area contributed by atoms with Gasteiger partial charge in [0.2, 0.25) is 11.0 Å². The van der Waals surface area contributed by atoms with Gasteiger partial charge in [-0.15, -0.1) is 10.2 Å². The van der Waals surface area contributed by atoms with Crippen molar-refractivity contribution in [3.05, 3.63) is 89.0 Å². The summed E-state index contributed by atoms with van der Waals surface area (Å²) in [6.07, 6.45) is 0. The van der Waals surface area contributed by atoms with Crippen molar-refractivity contribution in [1.29, 1.82) is 0 Å². The summed E-state index contributed by atoms with van der Waals surface area (Å²) in [5.74, 6) is 0.0733. The van der Waals surface area contributed by atoms with Crippen molar-refractivity contribution in [3.8, 4) is 5.88 Å². The molecule has 0 fully saturated rings. The van der Waals surface area contributed by atoms with Gasteiger partial charge in [0.25, 0.3) is 0 Å². The predicted molar refractivity (Wildman–Crippen MR) is 131 cm³/mol. The van der Waals surface area contributed by atoms with Crippen LogP contribution in [0, 0.1) is 20.8 Å². The van der Waals surface area contributed by atoms with E-state index in [1.807, 2.05) is 60.0 Å². The van der Waals surface area contributed by atoms with Gasteiger partial charge in [-0.2, -0.15) is 0 Å². The number of fused-ring (bicyclic) bond motifs is 1. The topological polar surface area (TPSA) is 61.9 Å². The van der Waals surface area contributed by atoms with Gasteiger partial charge in [-0.25, -0.2) is 0 Å². The lowest BCUT2D eigenvalue weighted by molar-refractivity contribution is 0.429.